The number of aryl methyl sites for hydroxylation is 2. The van der Waals surface area contributed by atoms with Crippen LogP contribution in [0, 0.1) is 13.8 Å². The second kappa shape index (κ2) is 10.6. The van der Waals surface area contributed by atoms with Crippen LogP contribution in [0.25, 0.3) is 16.6 Å². The average Bonchev–Trinajstić information content (AvgIpc) is 2.86. The van der Waals surface area contributed by atoms with Crippen LogP contribution in [-0.2, 0) is 0 Å². The Morgan fingerprint density at radius 1 is 1.00 bits per heavy atom. The molecule has 0 saturated heterocycles. The Bertz CT molecular complexity index is 1390. The van der Waals surface area contributed by atoms with Gasteiger partial charge >= 0.3 is 6.03 Å². The Kier molecular flexibility index (Phi) is 7.30. The van der Waals surface area contributed by atoms with Crippen molar-refractivity contribution in [3.63, 3.8) is 0 Å². The molecular weight excluding hydrogens is 436 g/mol. The third kappa shape index (κ3) is 5.11. The number of benzene rings is 3. The van der Waals surface area contributed by atoms with E-state index in [4.69, 9.17) is 4.98 Å². The molecule has 35 heavy (non-hydrogen) atoms. The molecule has 1 heterocycles. The largest absolute Gasteiger partial charge is 0.322 e. The molecule has 180 valence electrons. The Morgan fingerprint density at radius 3 is 2.40 bits per heavy atom. The van der Waals surface area contributed by atoms with Crippen LogP contribution >= 0.6 is 0 Å². The summed E-state index contributed by atoms with van der Waals surface area (Å²) in [4.78, 5) is 33.9. The summed E-state index contributed by atoms with van der Waals surface area (Å²) in [5, 5.41) is 3.61. The molecule has 0 fully saturated rings. The van der Waals surface area contributed by atoms with Crippen molar-refractivity contribution in [2.24, 2.45) is 0 Å². The van der Waals surface area contributed by atoms with Gasteiger partial charge in [-0.05, 0) is 63.1 Å². The number of amides is 2. The van der Waals surface area contributed by atoms with Crippen LogP contribution in [0.5, 0.6) is 0 Å². The van der Waals surface area contributed by atoms with Crippen molar-refractivity contribution < 1.29 is 4.79 Å². The first-order valence-electron chi connectivity index (χ1n) is 12.1. The van der Waals surface area contributed by atoms with Gasteiger partial charge in [0.15, 0.2) is 0 Å². The third-order valence-corrected chi connectivity index (χ3v) is 6.34. The summed E-state index contributed by atoms with van der Waals surface area (Å²) in [5.41, 5.74) is 4.08. The number of nitrogens with one attached hydrogen (secondary N) is 1. The molecule has 1 atom stereocenters. The van der Waals surface area contributed by atoms with Gasteiger partial charge in [0.1, 0.15) is 5.82 Å². The standard InChI is InChI=1S/C29H32N4O2/c1-5-6-19-32(29(35)31-25-13-9-7-11-21(25)3)22(4)27-30-26-14-10-8-12-24(26)28(34)33(27)23-17-15-20(2)16-18-23/h7-18,22H,5-6,19H2,1-4H3,(H,31,35). The van der Waals surface area contributed by atoms with Crippen molar-refractivity contribution in [1.82, 2.24) is 14.5 Å². The molecule has 4 rings (SSSR count). The first-order chi connectivity index (χ1) is 16.9. The molecule has 0 radical (unpaired) electrons. The van der Waals surface area contributed by atoms with Gasteiger partial charge < -0.3 is 10.2 Å². The molecule has 0 spiro atoms. The van der Waals surface area contributed by atoms with Crippen molar-refractivity contribution in [2.75, 3.05) is 11.9 Å². The number of hydrogen-bond acceptors (Lipinski definition) is 3. The smallest absolute Gasteiger partial charge is 0.315 e. The molecule has 0 aliphatic carbocycles. The number of rotatable bonds is 7. The van der Waals surface area contributed by atoms with Crippen molar-refractivity contribution in [2.45, 2.75) is 46.6 Å². The molecule has 0 aliphatic heterocycles. The monoisotopic (exact) mass is 468 g/mol. The second-order valence-corrected chi connectivity index (χ2v) is 8.93. The first-order valence-corrected chi connectivity index (χ1v) is 12.1. The minimum atomic E-state index is -0.441. The summed E-state index contributed by atoms with van der Waals surface area (Å²) in [6.07, 6.45) is 1.78. The van der Waals surface area contributed by atoms with E-state index < -0.39 is 6.04 Å². The third-order valence-electron chi connectivity index (χ3n) is 6.34. The highest BCUT2D eigenvalue weighted by molar-refractivity contribution is 5.90. The second-order valence-electron chi connectivity index (χ2n) is 8.93. The Labute approximate surface area is 206 Å². The van der Waals surface area contributed by atoms with Crippen LogP contribution < -0.4 is 10.9 Å². The highest BCUT2D eigenvalue weighted by Crippen LogP contribution is 2.25. The molecule has 2 amide bonds. The molecule has 1 aromatic heterocycles. The summed E-state index contributed by atoms with van der Waals surface area (Å²) in [6, 6.07) is 22.2. The Morgan fingerprint density at radius 2 is 1.69 bits per heavy atom. The van der Waals surface area contributed by atoms with Crippen molar-refractivity contribution >= 4 is 22.6 Å². The molecule has 3 aromatic carbocycles. The summed E-state index contributed by atoms with van der Waals surface area (Å²) in [6.45, 7) is 8.56. The van der Waals surface area contributed by atoms with Crippen LogP contribution in [0.15, 0.2) is 77.6 Å². The number of carbonyl (C=O) groups is 1. The number of unbranched alkanes of at least 4 members (excludes halogenated alkanes) is 1. The fourth-order valence-corrected chi connectivity index (χ4v) is 4.21. The molecule has 6 nitrogen and oxygen atoms in total. The number of carbonyl (C=O) groups excluding carboxylic acids is 1. The fraction of sp³-hybridized carbons (Fsp3) is 0.276. The van der Waals surface area contributed by atoms with Crippen molar-refractivity contribution in [1.29, 1.82) is 0 Å². The normalized spacial score (nSPS) is 11.9. The van der Waals surface area contributed by atoms with Gasteiger partial charge in [-0.1, -0.05) is 61.4 Å². The zero-order valence-corrected chi connectivity index (χ0v) is 20.8. The molecule has 0 aliphatic rings. The number of aromatic nitrogens is 2. The summed E-state index contributed by atoms with van der Waals surface area (Å²) < 4.78 is 1.65. The summed E-state index contributed by atoms with van der Waals surface area (Å²) >= 11 is 0. The van der Waals surface area contributed by atoms with Gasteiger partial charge in [-0.15, -0.1) is 0 Å². The maximum absolute atomic E-state index is 13.7. The van der Waals surface area contributed by atoms with Crippen LogP contribution in [0.1, 0.15) is 49.7 Å². The van der Waals surface area contributed by atoms with E-state index in [0.29, 0.717) is 23.3 Å². The SMILES string of the molecule is CCCCN(C(=O)Nc1ccccc1C)C(C)c1nc2ccccc2c(=O)n1-c1ccc(C)cc1. The minimum Gasteiger partial charge on any atom is -0.315 e. The van der Waals surface area contributed by atoms with E-state index in [0.717, 1.165) is 35.3 Å². The van der Waals surface area contributed by atoms with Gasteiger partial charge in [-0.25, -0.2) is 9.78 Å². The summed E-state index contributed by atoms with van der Waals surface area (Å²) in [7, 11) is 0. The predicted octanol–water partition coefficient (Wildman–Crippen LogP) is 6.40. The quantitative estimate of drug-likeness (QED) is 0.341. The highest BCUT2D eigenvalue weighted by atomic mass is 16.2. The van der Waals surface area contributed by atoms with E-state index in [9.17, 15) is 9.59 Å². The highest BCUT2D eigenvalue weighted by Gasteiger charge is 2.27. The van der Waals surface area contributed by atoms with Crippen LogP contribution in [0.2, 0.25) is 0 Å². The first kappa shape index (κ1) is 24.2. The maximum atomic E-state index is 13.7. The topological polar surface area (TPSA) is 67.2 Å². The maximum Gasteiger partial charge on any atom is 0.322 e. The van der Waals surface area contributed by atoms with Gasteiger partial charge in [-0.3, -0.25) is 9.36 Å². The molecule has 0 saturated carbocycles. The number of nitrogens with zero attached hydrogens (tertiary/aromatic N) is 3. The molecule has 1 unspecified atom stereocenters. The van der Waals surface area contributed by atoms with Crippen molar-refractivity contribution in [3.05, 3.63) is 100 Å². The van der Waals surface area contributed by atoms with E-state index in [1.807, 2.05) is 87.5 Å². The zero-order valence-electron chi connectivity index (χ0n) is 20.8. The Balaban J connectivity index is 1.83. The fourth-order valence-electron chi connectivity index (χ4n) is 4.21. The molecule has 1 N–H and O–H groups in total. The zero-order chi connectivity index (χ0) is 24.9. The molecule has 4 aromatic rings. The lowest BCUT2D eigenvalue weighted by Crippen LogP contribution is -2.40. The number of anilines is 1. The van der Waals surface area contributed by atoms with Gasteiger partial charge in [0.05, 0.1) is 22.6 Å². The molecule has 6 heteroatoms. The number of fused-ring (bicyclic) bond motifs is 1. The summed E-state index contributed by atoms with van der Waals surface area (Å²) in [5.74, 6) is 0.536. The van der Waals surface area contributed by atoms with E-state index in [-0.39, 0.29) is 11.6 Å². The number of para-hydroxylation sites is 2. The average molecular weight is 469 g/mol. The van der Waals surface area contributed by atoms with E-state index in [1.165, 1.54) is 0 Å². The van der Waals surface area contributed by atoms with Gasteiger partial charge in [0.25, 0.3) is 5.56 Å². The van der Waals surface area contributed by atoms with Gasteiger partial charge in [0.2, 0.25) is 0 Å². The predicted molar refractivity (Wildman–Crippen MR) is 142 cm³/mol. The lowest BCUT2D eigenvalue weighted by molar-refractivity contribution is 0.188. The Hall–Kier alpha value is -3.93. The van der Waals surface area contributed by atoms with E-state index in [2.05, 4.69) is 12.2 Å². The van der Waals surface area contributed by atoms with Crippen LogP contribution in [0.4, 0.5) is 10.5 Å². The number of hydrogen-bond donors (Lipinski definition) is 1. The molecular formula is C29H32N4O2. The van der Waals surface area contributed by atoms with Gasteiger partial charge in [-0.2, -0.15) is 0 Å². The lowest BCUT2D eigenvalue weighted by atomic mass is 10.1. The lowest BCUT2D eigenvalue weighted by Gasteiger charge is -2.31. The molecule has 0 bridgehead atoms. The van der Waals surface area contributed by atoms with Crippen molar-refractivity contribution in [3.8, 4) is 5.69 Å². The van der Waals surface area contributed by atoms with Gasteiger partial charge in [0, 0.05) is 12.2 Å². The van der Waals surface area contributed by atoms with E-state index in [1.54, 1.807) is 15.5 Å². The van der Waals surface area contributed by atoms with Crippen LogP contribution in [-0.4, -0.2) is 27.0 Å². The number of urea groups is 1. The van der Waals surface area contributed by atoms with E-state index >= 15 is 0 Å². The minimum absolute atomic E-state index is 0.143. The van der Waals surface area contributed by atoms with Crippen LogP contribution in [0.3, 0.4) is 0 Å².